The number of aliphatic imine (C=N–C) groups is 1. The molecule has 1 aromatic carbocycles. The topological polar surface area (TPSA) is 156 Å². The van der Waals surface area contributed by atoms with Crippen molar-refractivity contribution in [3.63, 3.8) is 0 Å². The van der Waals surface area contributed by atoms with E-state index in [0.717, 1.165) is 0 Å². The molecular formula is C24H35ClN7O6+. The molecule has 0 radical (unpaired) electrons. The number of anilines is 1. The summed E-state index contributed by atoms with van der Waals surface area (Å²) in [7, 11) is 0. The lowest BCUT2D eigenvalue weighted by molar-refractivity contribution is -0.274. The third-order valence-corrected chi connectivity index (χ3v) is 7.24. The minimum Gasteiger partial charge on any atom is -0.387 e. The molecule has 2 unspecified atom stereocenters. The smallest absolute Gasteiger partial charge is 0.330 e. The van der Waals surface area contributed by atoms with Gasteiger partial charge in [-0.3, -0.25) is 24.5 Å². The number of quaternary nitrogens is 1. The fourth-order valence-electron chi connectivity index (χ4n) is 4.86. The molecule has 14 heteroatoms. The van der Waals surface area contributed by atoms with E-state index in [4.69, 9.17) is 21.2 Å². The standard InChI is InChI=1S/C24H34ClN7O6/c1-5-30(6-2)22(38-31(7-3)8-4)19-17(33)18(34)23(37-19)32(29-15-12-10-9-11-14(15)25)13-26-16-20(32)27-24(36)28-21(16)35/h9-13,17-19,22-23,29,33-34H,5-8H2,1-4H3,(H-,27,28,35,36)/p+1/t17-,18+,19-,22?,23+,32?/m0/s1. The summed E-state index contributed by atoms with van der Waals surface area (Å²) in [5.74, 6) is 0.0274. The predicted octanol–water partition coefficient (Wildman–Crippen LogP) is 1.11. The van der Waals surface area contributed by atoms with Crippen LogP contribution < -0.4 is 21.3 Å². The number of ether oxygens (including phenoxy) is 1. The van der Waals surface area contributed by atoms with Gasteiger partial charge in [0, 0.05) is 13.1 Å². The summed E-state index contributed by atoms with van der Waals surface area (Å²) in [6, 6.07) is 6.84. The van der Waals surface area contributed by atoms with E-state index >= 15 is 0 Å². The first-order valence-electron chi connectivity index (χ1n) is 12.7. The maximum Gasteiger partial charge on any atom is 0.330 e. The van der Waals surface area contributed by atoms with E-state index < -0.39 is 46.6 Å². The van der Waals surface area contributed by atoms with Crippen molar-refractivity contribution in [3.05, 3.63) is 50.1 Å². The maximum absolute atomic E-state index is 12.6. The summed E-state index contributed by atoms with van der Waals surface area (Å²) in [4.78, 5) is 42.2. The molecule has 0 amide bonds. The molecule has 2 aliphatic heterocycles. The average Bonchev–Trinajstić information content (AvgIpc) is 3.41. The van der Waals surface area contributed by atoms with Crippen LogP contribution in [0.3, 0.4) is 0 Å². The molecule has 5 N–H and O–H groups in total. The molecule has 38 heavy (non-hydrogen) atoms. The highest BCUT2D eigenvalue weighted by Gasteiger charge is 2.61. The second-order valence-electron chi connectivity index (χ2n) is 9.02. The van der Waals surface area contributed by atoms with Crippen LogP contribution in [0.25, 0.3) is 0 Å². The third kappa shape index (κ3) is 5.03. The largest absolute Gasteiger partial charge is 0.387 e. The highest BCUT2D eigenvalue weighted by molar-refractivity contribution is 6.33. The minimum atomic E-state index is -1.48. The molecule has 0 aliphatic carbocycles. The van der Waals surface area contributed by atoms with Crippen LogP contribution >= 0.6 is 11.6 Å². The number of halogens is 1. The number of aliphatic hydroxyl groups excluding tert-OH is 2. The normalized spacial score (nSPS) is 27.3. The van der Waals surface area contributed by atoms with Crippen LogP contribution in [0.15, 0.2) is 38.8 Å². The molecule has 1 fully saturated rings. The van der Waals surface area contributed by atoms with Gasteiger partial charge < -0.3 is 14.9 Å². The van der Waals surface area contributed by atoms with Gasteiger partial charge in [0.25, 0.3) is 17.6 Å². The molecule has 2 aromatic rings. The van der Waals surface area contributed by atoms with E-state index in [9.17, 15) is 19.8 Å². The molecule has 6 atom stereocenters. The van der Waals surface area contributed by atoms with Crippen LogP contribution in [0.4, 0.5) is 17.2 Å². The van der Waals surface area contributed by atoms with Crippen molar-refractivity contribution >= 4 is 35.1 Å². The van der Waals surface area contributed by atoms with Gasteiger partial charge in [-0.15, -0.1) is 4.59 Å². The molecule has 1 saturated heterocycles. The van der Waals surface area contributed by atoms with E-state index in [-0.39, 0.29) is 11.5 Å². The predicted molar refractivity (Wildman–Crippen MR) is 144 cm³/mol. The lowest BCUT2D eigenvalue weighted by atomic mass is 10.1. The Morgan fingerprint density at radius 1 is 1.11 bits per heavy atom. The van der Waals surface area contributed by atoms with E-state index in [1.807, 2.05) is 32.6 Å². The van der Waals surface area contributed by atoms with Gasteiger partial charge in [0.1, 0.15) is 17.9 Å². The molecule has 0 bridgehead atoms. The van der Waals surface area contributed by atoms with Crippen LogP contribution in [0.1, 0.15) is 27.7 Å². The summed E-state index contributed by atoms with van der Waals surface area (Å²) in [6.45, 7) is 10.2. The summed E-state index contributed by atoms with van der Waals surface area (Å²) in [5.41, 5.74) is 2.05. The number of likely N-dealkylation sites (N-methyl/N-ethyl adjacent to an activating group) is 1. The molecule has 208 valence electrons. The Kier molecular flexibility index (Phi) is 8.69. The summed E-state index contributed by atoms with van der Waals surface area (Å²) < 4.78 is 5.77. The van der Waals surface area contributed by atoms with Crippen LogP contribution in [-0.2, 0) is 9.57 Å². The Morgan fingerprint density at radius 2 is 1.79 bits per heavy atom. The minimum absolute atomic E-state index is 0.0274. The van der Waals surface area contributed by atoms with Gasteiger partial charge in [0.2, 0.25) is 12.0 Å². The number of hydrogen-bond donors (Lipinski definition) is 5. The number of aromatic amines is 2. The second kappa shape index (κ2) is 11.6. The Hall–Kier alpha value is -2.62. The number of aromatic nitrogens is 2. The third-order valence-electron chi connectivity index (χ3n) is 6.91. The Labute approximate surface area is 224 Å². The molecule has 0 spiro atoms. The maximum atomic E-state index is 12.6. The molecule has 0 saturated carbocycles. The van der Waals surface area contributed by atoms with E-state index in [1.54, 1.807) is 29.3 Å². The van der Waals surface area contributed by atoms with Gasteiger partial charge in [-0.25, -0.2) is 10.2 Å². The van der Waals surface area contributed by atoms with Gasteiger partial charge in [-0.05, 0) is 25.2 Å². The van der Waals surface area contributed by atoms with Crippen LogP contribution in [0, 0.1) is 0 Å². The van der Waals surface area contributed by atoms with E-state index in [1.165, 1.54) is 6.34 Å². The van der Waals surface area contributed by atoms with Crippen LogP contribution in [0.2, 0.25) is 5.02 Å². The fourth-order valence-corrected chi connectivity index (χ4v) is 5.03. The van der Waals surface area contributed by atoms with Crippen molar-refractivity contribution in [1.82, 2.24) is 24.5 Å². The summed E-state index contributed by atoms with van der Waals surface area (Å²) in [6.07, 6.45) is -4.52. The molecule has 2 aliphatic rings. The number of benzene rings is 1. The van der Waals surface area contributed by atoms with Gasteiger partial charge >= 0.3 is 5.69 Å². The fraction of sp³-hybridized carbons (Fsp3) is 0.542. The molecule has 3 heterocycles. The van der Waals surface area contributed by atoms with Crippen molar-refractivity contribution < 1.29 is 19.8 Å². The van der Waals surface area contributed by atoms with Gasteiger partial charge in [-0.2, -0.15) is 10.1 Å². The number of rotatable bonds is 11. The van der Waals surface area contributed by atoms with Gasteiger partial charge in [-0.1, -0.05) is 51.4 Å². The van der Waals surface area contributed by atoms with Crippen molar-refractivity contribution in [2.24, 2.45) is 4.99 Å². The molecular weight excluding hydrogens is 518 g/mol. The Morgan fingerprint density at radius 3 is 2.42 bits per heavy atom. The highest BCUT2D eigenvalue weighted by Crippen LogP contribution is 2.41. The van der Waals surface area contributed by atoms with Gasteiger partial charge in [0.15, 0.2) is 12.3 Å². The highest BCUT2D eigenvalue weighted by atomic mass is 35.5. The van der Waals surface area contributed by atoms with Crippen LogP contribution in [-0.4, -0.2) is 93.4 Å². The SMILES string of the molecule is CCN(CC)OC([C@H]1O[C@@H]([N+]2(Nc3ccccc3Cl)C=Nc3c2[nH]c(=O)[nH]c3=O)[C@H](O)[C@@H]1O)N(CC)CC. The zero-order valence-corrected chi connectivity index (χ0v) is 22.6. The molecule has 13 nitrogen and oxygen atoms in total. The molecule has 4 rings (SSSR count). The second-order valence-corrected chi connectivity index (χ2v) is 9.43. The lowest BCUT2D eigenvalue weighted by Crippen LogP contribution is -2.64. The number of fused-ring (bicyclic) bond motifs is 1. The first kappa shape index (κ1) is 28.4. The Balaban J connectivity index is 1.81. The number of hydrogen-bond acceptors (Lipinski definition) is 10. The number of nitrogens with one attached hydrogen (secondary N) is 3. The Bertz CT molecular complexity index is 1260. The van der Waals surface area contributed by atoms with Crippen molar-refractivity contribution in [1.29, 1.82) is 0 Å². The monoisotopic (exact) mass is 552 g/mol. The number of H-pyrrole nitrogens is 2. The average molecular weight is 553 g/mol. The summed E-state index contributed by atoms with van der Waals surface area (Å²) >= 11 is 6.43. The number of nitrogens with zero attached hydrogens (tertiary/aromatic N) is 4. The van der Waals surface area contributed by atoms with E-state index in [0.29, 0.717) is 36.9 Å². The first-order chi connectivity index (χ1) is 18.2. The molecule has 1 aromatic heterocycles. The van der Waals surface area contributed by atoms with Crippen LogP contribution in [0.5, 0.6) is 0 Å². The van der Waals surface area contributed by atoms with Crippen molar-refractivity contribution in [3.8, 4) is 0 Å². The van der Waals surface area contributed by atoms with E-state index in [2.05, 4.69) is 20.4 Å². The number of aliphatic hydroxyl groups is 2. The van der Waals surface area contributed by atoms with Crippen molar-refractivity contribution in [2.75, 3.05) is 31.6 Å². The number of para-hydroxylation sites is 1. The zero-order chi connectivity index (χ0) is 27.6. The quantitative estimate of drug-likeness (QED) is 0.156. The van der Waals surface area contributed by atoms with Gasteiger partial charge in [0.05, 0.1) is 5.02 Å². The van der Waals surface area contributed by atoms with Crippen molar-refractivity contribution in [2.45, 2.75) is 58.5 Å². The first-order valence-corrected chi connectivity index (χ1v) is 13.1. The lowest BCUT2D eigenvalue weighted by Gasteiger charge is -2.38. The zero-order valence-electron chi connectivity index (χ0n) is 21.8. The number of hydroxylamine groups is 2. The summed E-state index contributed by atoms with van der Waals surface area (Å²) in [5, 5.41) is 24.8.